The minimum absolute atomic E-state index is 0.0285. The van der Waals surface area contributed by atoms with Crippen molar-refractivity contribution in [3.05, 3.63) is 29.6 Å². The van der Waals surface area contributed by atoms with E-state index in [1.807, 2.05) is 27.7 Å². The number of halogens is 1. The Morgan fingerprint density at radius 3 is 2.44 bits per heavy atom. The molecule has 1 aromatic rings. The van der Waals surface area contributed by atoms with E-state index in [4.69, 9.17) is 5.73 Å². The number of nitrogen functional groups attached to an aromatic ring is 1. The molecule has 0 atom stereocenters. The van der Waals surface area contributed by atoms with Gasteiger partial charge < -0.3 is 10.6 Å². The monoisotopic (exact) mass is 252 g/mol. The van der Waals surface area contributed by atoms with Crippen molar-refractivity contribution in [2.45, 2.75) is 33.7 Å². The molecule has 0 saturated heterocycles. The molecule has 1 amide bonds. The maximum atomic E-state index is 13.7. The second kappa shape index (κ2) is 5.85. The average molecular weight is 252 g/mol. The van der Waals surface area contributed by atoms with Crippen LogP contribution in [-0.4, -0.2) is 23.4 Å². The first kappa shape index (κ1) is 14.5. The van der Waals surface area contributed by atoms with Crippen LogP contribution in [0.3, 0.4) is 0 Å². The van der Waals surface area contributed by atoms with Gasteiger partial charge in [0.15, 0.2) is 0 Å². The van der Waals surface area contributed by atoms with Gasteiger partial charge in [-0.05, 0) is 38.0 Å². The normalized spacial score (nSPS) is 11.1. The Labute approximate surface area is 108 Å². The van der Waals surface area contributed by atoms with Crippen molar-refractivity contribution < 1.29 is 9.18 Å². The molecule has 18 heavy (non-hydrogen) atoms. The molecule has 0 bridgehead atoms. The van der Waals surface area contributed by atoms with Gasteiger partial charge in [-0.3, -0.25) is 4.79 Å². The molecule has 3 nitrogen and oxygen atoms in total. The first-order valence-corrected chi connectivity index (χ1v) is 6.19. The summed E-state index contributed by atoms with van der Waals surface area (Å²) in [6.45, 7) is 8.50. The Hall–Kier alpha value is -1.58. The zero-order valence-electron chi connectivity index (χ0n) is 11.4. The Morgan fingerprint density at radius 2 is 1.94 bits per heavy atom. The number of carbonyl (C=O) groups is 1. The van der Waals surface area contributed by atoms with Crippen LogP contribution in [0.15, 0.2) is 18.2 Å². The van der Waals surface area contributed by atoms with Crippen molar-refractivity contribution in [1.82, 2.24) is 4.90 Å². The summed E-state index contributed by atoms with van der Waals surface area (Å²) in [6, 6.07) is 4.11. The van der Waals surface area contributed by atoms with Gasteiger partial charge in [0.25, 0.3) is 5.91 Å². The van der Waals surface area contributed by atoms with Crippen molar-refractivity contribution in [2.75, 3.05) is 12.3 Å². The third kappa shape index (κ3) is 3.45. The van der Waals surface area contributed by atoms with Crippen LogP contribution < -0.4 is 5.73 Å². The van der Waals surface area contributed by atoms with Crippen LogP contribution in [0.4, 0.5) is 10.1 Å². The van der Waals surface area contributed by atoms with Crippen molar-refractivity contribution in [3.8, 4) is 0 Å². The summed E-state index contributed by atoms with van der Waals surface area (Å²) < 4.78 is 13.7. The van der Waals surface area contributed by atoms with Gasteiger partial charge in [-0.25, -0.2) is 4.39 Å². The lowest BCUT2D eigenvalue weighted by atomic mass is 10.1. The Kier molecular flexibility index (Phi) is 4.70. The predicted molar refractivity (Wildman–Crippen MR) is 71.8 cm³/mol. The van der Waals surface area contributed by atoms with Gasteiger partial charge >= 0.3 is 0 Å². The molecule has 0 spiro atoms. The smallest absolute Gasteiger partial charge is 0.257 e. The quantitative estimate of drug-likeness (QED) is 0.837. The fourth-order valence-electron chi connectivity index (χ4n) is 1.78. The molecule has 1 aromatic carbocycles. The largest absolute Gasteiger partial charge is 0.399 e. The number of hydrogen-bond acceptors (Lipinski definition) is 2. The van der Waals surface area contributed by atoms with E-state index >= 15 is 0 Å². The average Bonchev–Trinajstić information content (AvgIpc) is 2.27. The zero-order chi connectivity index (χ0) is 13.9. The molecular formula is C14H21FN2O. The fraction of sp³-hybridized carbons (Fsp3) is 0.500. The summed E-state index contributed by atoms with van der Waals surface area (Å²) >= 11 is 0. The van der Waals surface area contributed by atoms with Gasteiger partial charge in [-0.15, -0.1) is 0 Å². The standard InChI is InChI=1S/C14H21FN2O/c1-9(2)8-17(10(3)4)14(18)12-7-11(16)5-6-13(12)15/h5-7,9-10H,8,16H2,1-4H3. The van der Waals surface area contributed by atoms with E-state index in [1.54, 1.807) is 4.90 Å². The molecule has 100 valence electrons. The molecule has 0 heterocycles. The van der Waals surface area contributed by atoms with Crippen LogP contribution in [0.1, 0.15) is 38.1 Å². The molecule has 0 aliphatic heterocycles. The number of amides is 1. The first-order chi connectivity index (χ1) is 8.32. The predicted octanol–water partition coefficient (Wildman–Crippen LogP) is 2.91. The van der Waals surface area contributed by atoms with E-state index in [-0.39, 0.29) is 17.5 Å². The van der Waals surface area contributed by atoms with Crippen LogP contribution in [0.5, 0.6) is 0 Å². The van der Waals surface area contributed by atoms with Crippen LogP contribution in [-0.2, 0) is 0 Å². The van der Waals surface area contributed by atoms with Crippen molar-refractivity contribution >= 4 is 11.6 Å². The maximum Gasteiger partial charge on any atom is 0.257 e. The van der Waals surface area contributed by atoms with E-state index < -0.39 is 5.82 Å². The Bertz CT molecular complexity index is 430. The van der Waals surface area contributed by atoms with E-state index in [2.05, 4.69) is 0 Å². The fourth-order valence-corrected chi connectivity index (χ4v) is 1.78. The highest BCUT2D eigenvalue weighted by molar-refractivity contribution is 5.95. The second-order valence-electron chi connectivity index (χ2n) is 5.18. The van der Waals surface area contributed by atoms with E-state index in [0.29, 0.717) is 18.2 Å². The molecule has 0 aromatic heterocycles. The topological polar surface area (TPSA) is 46.3 Å². The molecule has 1 rings (SSSR count). The lowest BCUT2D eigenvalue weighted by Crippen LogP contribution is -2.39. The molecule has 2 N–H and O–H groups in total. The van der Waals surface area contributed by atoms with Crippen LogP contribution in [0.2, 0.25) is 0 Å². The molecule has 0 aliphatic carbocycles. The number of benzene rings is 1. The van der Waals surface area contributed by atoms with Gasteiger partial charge in [-0.2, -0.15) is 0 Å². The highest BCUT2D eigenvalue weighted by Crippen LogP contribution is 2.17. The number of nitrogens with zero attached hydrogens (tertiary/aromatic N) is 1. The lowest BCUT2D eigenvalue weighted by Gasteiger charge is -2.28. The van der Waals surface area contributed by atoms with E-state index in [9.17, 15) is 9.18 Å². The van der Waals surface area contributed by atoms with Crippen molar-refractivity contribution in [2.24, 2.45) is 5.92 Å². The minimum Gasteiger partial charge on any atom is -0.399 e. The third-order valence-corrected chi connectivity index (χ3v) is 2.67. The molecular weight excluding hydrogens is 231 g/mol. The van der Waals surface area contributed by atoms with E-state index in [1.165, 1.54) is 18.2 Å². The summed E-state index contributed by atoms with van der Waals surface area (Å²) in [4.78, 5) is 14.0. The summed E-state index contributed by atoms with van der Waals surface area (Å²) in [5.41, 5.74) is 6.05. The zero-order valence-corrected chi connectivity index (χ0v) is 11.4. The SMILES string of the molecule is CC(C)CN(C(=O)c1cc(N)ccc1F)C(C)C. The van der Waals surface area contributed by atoms with Gasteiger partial charge in [0.05, 0.1) is 5.56 Å². The maximum absolute atomic E-state index is 13.7. The highest BCUT2D eigenvalue weighted by atomic mass is 19.1. The molecule has 0 fully saturated rings. The van der Waals surface area contributed by atoms with Crippen LogP contribution >= 0.6 is 0 Å². The molecule has 0 radical (unpaired) electrons. The summed E-state index contributed by atoms with van der Waals surface area (Å²) in [5, 5.41) is 0. The third-order valence-electron chi connectivity index (χ3n) is 2.67. The summed E-state index contributed by atoms with van der Waals surface area (Å²) in [7, 11) is 0. The van der Waals surface area contributed by atoms with Gasteiger partial charge in [0, 0.05) is 18.3 Å². The van der Waals surface area contributed by atoms with Crippen LogP contribution in [0.25, 0.3) is 0 Å². The molecule has 0 aliphatic rings. The minimum atomic E-state index is -0.524. The summed E-state index contributed by atoms with van der Waals surface area (Å²) in [5.74, 6) is -0.493. The Morgan fingerprint density at radius 1 is 1.33 bits per heavy atom. The van der Waals surface area contributed by atoms with Crippen molar-refractivity contribution in [3.63, 3.8) is 0 Å². The number of carbonyl (C=O) groups excluding carboxylic acids is 1. The van der Waals surface area contributed by atoms with E-state index in [0.717, 1.165) is 0 Å². The van der Waals surface area contributed by atoms with Crippen LogP contribution in [0, 0.1) is 11.7 Å². The number of anilines is 1. The first-order valence-electron chi connectivity index (χ1n) is 6.19. The Balaban J connectivity index is 3.05. The molecule has 0 unspecified atom stereocenters. The highest BCUT2D eigenvalue weighted by Gasteiger charge is 2.22. The van der Waals surface area contributed by atoms with Gasteiger partial charge in [0.2, 0.25) is 0 Å². The van der Waals surface area contributed by atoms with Gasteiger partial charge in [0.1, 0.15) is 5.82 Å². The number of hydrogen-bond donors (Lipinski definition) is 1. The lowest BCUT2D eigenvalue weighted by molar-refractivity contribution is 0.0677. The summed E-state index contributed by atoms with van der Waals surface area (Å²) in [6.07, 6.45) is 0. The molecule has 0 saturated carbocycles. The molecule has 4 heteroatoms. The number of nitrogens with two attached hydrogens (primary N) is 1. The van der Waals surface area contributed by atoms with Crippen molar-refractivity contribution in [1.29, 1.82) is 0 Å². The second-order valence-corrected chi connectivity index (χ2v) is 5.18. The van der Waals surface area contributed by atoms with Gasteiger partial charge in [-0.1, -0.05) is 13.8 Å². The number of rotatable bonds is 4.